The lowest BCUT2D eigenvalue weighted by Gasteiger charge is -2.02. The number of carbonyl (C=O) groups is 1. The number of ether oxygens (including phenoxy) is 1. The zero-order valence-corrected chi connectivity index (χ0v) is 13.1. The molecule has 1 amide bonds. The van der Waals surface area contributed by atoms with Crippen LogP contribution in [-0.4, -0.2) is 38.9 Å². The molecule has 4 heterocycles. The molecule has 0 aliphatic carbocycles. The summed E-state index contributed by atoms with van der Waals surface area (Å²) in [4.78, 5) is 21.0. The van der Waals surface area contributed by atoms with Crippen molar-refractivity contribution in [3.63, 3.8) is 0 Å². The molecule has 0 aromatic carbocycles. The Labute approximate surface area is 136 Å². The van der Waals surface area contributed by atoms with Crippen molar-refractivity contribution in [1.82, 2.24) is 19.7 Å². The molecule has 4 rings (SSSR count). The minimum Gasteiger partial charge on any atom is -0.381 e. The maximum atomic E-state index is 11.1. The summed E-state index contributed by atoms with van der Waals surface area (Å²) in [6, 6.07) is 1.84. The molecular weight excluding hydrogens is 314 g/mol. The van der Waals surface area contributed by atoms with E-state index in [0.29, 0.717) is 11.6 Å². The number of pyridine rings is 1. The van der Waals surface area contributed by atoms with E-state index < -0.39 is 5.91 Å². The van der Waals surface area contributed by atoms with Crippen molar-refractivity contribution in [1.29, 1.82) is 0 Å². The first-order chi connectivity index (χ1) is 11.2. The number of hydrogen-bond acceptors (Lipinski definition) is 6. The van der Waals surface area contributed by atoms with Crippen LogP contribution in [-0.2, 0) is 16.0 Å². The Bertz CT molecular complexity index is 866. The highest BCUT2D eigenvalue weighted by molar-refractivity contribution is 7.14. The summed E-state index contributed by atoms with van der Waals surface area (Å²) in [5.74, 6) is 0.0239. The Hall–Kier alpha value is -2.32. The second-order valence-electron chi connectivity index (χ2n) is 5.54. The van der Waals surface area contributed by atoms with Gasteiger partial charge in [-0.05, 0) is 12.5 Å². The highest BCUT2D eigenvalue weighted by Gasteiger charge is 2.21. The molecule has 0 spiro atoms. The van der Waals surface area contributed by atoms with Crippen LogP contribution >= 0.6 is 11.3 Å². The number of rotatable bonds is 4. The van der Waals surface area contributed by atoms with E-state index in [-0.39, 0.29) is 6.42 Å². The summed E-state index contributed by atoms with van der Waals surface area (Å²) in [5, 5.41) is 6.11. The van der Waals surface area contributed by atoms with Gasteiger partial charge in [0.2, 0.25) is 11.0 Å². The highest BCUT2D eigenvalue weighted by atomic mass is 32.1. The first-order valence-electron chi connectivity index (χ1n) is 7.35. The maximum Gasteiger partial charge on any atom is 0.223 e. The average Bonchev–Trinajstić information content (AvgIpc) is 3.25. The molecular formula is C15H15N5O2S. The molecule has 0 bridgehead atoms. The van der Waals surface area contributed by atoms with Crippen LogP contribution in [0.5, 0.6) is 0 Å². The van der Waals surface area contributed by atoms with Crippen LogP contribution in [0, 0.1) is 0 Å². The van der Waals surface area contributed by atoms with Crippen LogP contribution < -0.4 is 5.73 Å². The molecule has 1 aliphatic heterocycles. The second-order valence-corrected chi connectivity index (χ2v) is 6.58. The van der Waals surface area contributed by atoms with Crippen LogP contribution in [0.25, 0.3) is 16.0 Å². The van der Waals surface area contributed by atoms with Crippen molar-refractivity contribution in [3.8, 4) is 5.13 Å². The number of nitrogens with two attached hydrogens (primary N) is 1. The number of hydrogen-bond donors (Lipinski definition) is 1. The molecule has 118 valence electrons. The van der Waals surface area contributed by atoms with E-state index in [1.807, 2.05) is 12.3 Å². The number of nitrogens with zero attached hydrogens (tertiary/aromatic N) is 4. The third kappa shape index (κ3) is 2.71. The number of carbonyl (C=O) groups excluding carboxylic acids is 1. The Kier molecular flexibility index (Phi) is 3.55. The molecule has 0 saturated carbocycles. The standard InChI is InChI=1S/C15H15N5O2S/c16-14(21)4-11-3-12-10(5-17-11)6-19-20(12)15-18-7-13(23-15)9-1-2-22-8-9/h3,5-7,9H,1-2,4,8H2,(H2,16,21). The van der Waals surface area contributed by atoms with Crippen molar-refractivity contribution < 1.29 is 9.53 Å². The second kappa shape index (κ2) is 5.71. The number of amides is 1. The molecule has 1 saturated heterocycles. The Morgan fingerprint density at radius 2 is 2.30 bits per heavy atom. The Balaban J connectivity index is 1.71. The fraction of sp³-hybridized carbons (Fsp3) is 0.333. The zero-order chi connectivity index (χ0) is 15.8. The van der Waals surface area contributed by atoms with E-state index in [2.05, 4.69) is 15.1 Å². The lowest BCUT2D eigenvalue weighted by atomic mass is 10.1. The fourth-order valence-electron chi connectivity index (χ4n) is 2.71. The van der Waals surface area contributed by atoms with Gasteiger partial charge in [-0.2, -0.15) is 5.10 Å². The molecule has 1 aliphatic rings. The van der Waals surface area contributed by atoms with Gasteiger partial charge in [-0.15, -0.1) is 0 Å². The molecule has 8 heteroatoms. The third-order valence-electron chi connectivity index (χ3n) is 3.89. The van der Waals surface area contributed by atoms with Gasteiger partial charge in [0, 0.05) is 35.2 Å². The SMILES string of the molecule is NC(=O)Cc1cc2c(cn1)cnn2-c1ncc(C2CCOC2)s1. The molecule has 1 atom stereocenters. The lowest BCUT2D eigenvalue weighted by molar-refractivity contribution is -0.117. The van der Waals surface area contributed by atoms with Crippen molar-refractivity contribution >= 4 is 28.1 Å². The molecule has 2 N–H and O–H groups in total. The number of thiazole rings is 1. The first kappa shape index (κ1) is 14.3. The minimum absolute atomic E-state index is 0.115. The van der Waals surface area contributed by atoms with E-state index in [9.17, 15) is 4.79 Å². The van der Waals surface area contributed by atoms with Gasteiger partial charge in [-0.3, -0.25) is 9.78 Å². The van der Waals surface area contributed by atoms with Crippen molar-refractivity contribution in [2.45, 2.75) is 18.8 Å². The largest absolute Gasteiger partial charge is 0.381 e. The summed E-state index contributed by atoms with van der Waals surface area (Å²) >= 11 is 1.62. The Morgan fingerprint density at radius 3 is 3.09 bits per heavy atom. The molecule has 0 radical (unpaired) electrons. The van der Waals surface area contributed by atoms with E-state index in [4.69, 9.17) is 10.5 Å². The van der Waals surface area contributed by atoms with Gasteiger partial charge in [0.05, 0.1) is 30.4 Å². The van der Waals surface area contributed by atoms with Gasteiger partial charge in [0.15, 0.2) is 0 Å². The average molecular weight is 329 g/mol. The summed E-state index contributed by atoms with van der Waals surface area (Å²) in [6.45, 7) is 1.57. The normalized spacial score (nSPS) is 17.8. The highest BCUT2D eigenvalue weighted by Crippen LogP contribution is 2.31. The van der Waals surface area contributed by atoms with Gasteiger partial charge >= 0.3 is 0 Å². The zero-order valence-electron chi connectivity index (χ0n) is 12.3. The van der Waals surface area contributed by atoms with Gasteiger partial charge < -0.3 is 10.5 Å². The maximum absolute atomic E-state index is 11.1. The summed E-state index contributed by atoms with van der Waals surface area (Å²) in [7, 11) is 0. The molecule has 1 fully saturated rings. The fourth-order valence-corrected chi connectivity index (χ4v) is 3.72. The number of fused-ring (bicyclic) bond motifs is 1. The van der Waals surface area contributed by atoms with E-state index >= 15 is 0 Å². The van der Waals surface area contributed by atoms with Crippen molar-refractivity contribution in [2.75, 3.05) is 13.2 Å². The predicted octanol–water partition coefficient (Wildman–Crippen LogP) is 1.41. The molecule has 23 heavy (non-hydrogen) atoms. The van der Waals surface area contributed by atoms with Crippen molar-refractivity contribution in [2.24, 2.45) is 5.73 Å². The first-order valence-corrected chi connectivity index (χ1v) is 8.17. The van der Waals surface area contributed by atoms with Gasteiger partial charge in [-0.25, -0.2) is 9.67 Å². The van der Waals surface area contributed by atoms with Gasteiger partial charge in [0.1, 0.15) is 0 Å². The Morgan fingerprint density at radius 1 is 1.39 bits per heavy atom. The lowest BCUT2D eigenvalue weighted by Crippen LogP contribution is -2.14. The smallest absolute Gasteiger partial charge is 0.223 e. The van der Waals surface area contributed by atoms with Crippen LogP contribution in [0.3, 0.4) is 0 Å². The predicted molar refractivity (Wildman–Crippen MR) is 85.6 cm³/mol. The van der Waals surface area contributed by atoms with Crippen LogP contribution in [0.2, 0.25) is 0 Å². The van der Waals surface area contributed by atoms with Crippen molar-refractivity contribution in [3.05, 3.63) is 35.2 Å². The summed E-state index contributed by atoms with van der Waals surface area (Å²) in [5.41, 5.74) is 6.75. The summed E-state index contributed by atoms with van der Waals surface area (Å²) in [6.07, 6.45) is 6.50. The molecule has 7 nitrogen and oxygen atoms in total. The monoisotopic (exact) mass is 329 g/mol. The van der Waals surface area contributed by atoms with E-state index in [0.717, 1.165) is 35.7 Å². The van der Waals surface area contributed by atoms with E-state index in [1.165, 1.54) is 4.88 Å². The van der Waals surface area contributed by atoms with Crippen LogP contribution in [0.4, 0.5) is 0 Å². The third-order valence-corrected chi connectivity index (χ3v) is 5.02. The number of aromatic nitrogens is 4. The molecule has 3 aromatic rings. The van der Waals surface area contributed by atoms with E-state index in [1.54, 1.807) is 28.4 Å². The quantitative estimate of drug-likeness (QED) is 0.780. The van der Waals surface area contributed by atoms with Gasteiger partial charge in [0.25, 0.3) is 0 Å². The minimum atomic E-state index is -0.402. The summed E-state index contributed by atoms with van der Waals surface area (Å²) < 4.78 is 7.22. The number of primary amides is 1. The molecule has 3 aromatic heterocycles. The molecule has 1 unspecified atom stereocenters. The topological polar surface area (TPSA) is 95.9 Å². The van der Waals surface area contributed by atoms with Crippen LogP contribution in [0.15, 0.2) is 24.7 Å². The van der Waals surface area contributed by atoms with Gasteiger partial charge in [-0.1, -0.05) is 11.3 Å². The van der Waals surface area contributed by atoms with Crippen LogP contribution in [0.1, 0.15) is 22.9 Å².